The highest BCUT2D eigenvalue weighted by Crippen LogP contribution is 2.25. The maximum absolute atomic E-state index is 12.4. The van der Waals surface area contributed by atoms with E-state index in [1.807, 2.05) is 19.1 Å². The van der Waals surface area contributed by atoms with Crippen molar-refractivity contribution in [2.45, 2.75) is 34.6 Å². The highest BCUT2D eigenvalue weighted by Gasteiger charge is 2.23. The quantitative estimate of drug-likeness (QED) is 0.837. The molecule has 0 aliphatic rings. The average Bonchev–Trinajstić information content (AvgIpc) is 2.43. The summed E-state index contributed by atoms with van der Waals surface area (Å²) in [6.45, 7) is 10.9. The summed E-state index contributed by atoms with van der Waals surface area (Å²) in [7, 11) is 0. The first-order valence-corrected chi connectivity index (χ1v) is 7.27. The predicted molar refractivity (Wildman–Crippen MR) is 86.1 cm³/mol. The minimum Gasteiger partial charge on any atom is -0.384 e. The van der Waals surface area contributed by atoms with Crippen LogP contribution in [0.1, 0.15) is 49.2 Å². The van der Waals surface area contributed by atoms with Gasteiger partial charge in [0.25, 0.3) is 5.91 Å². The summed E-state index contributed by atoms with van der Waals surface area (Å²) < 4.78 is 0. The minimum atomic E-state index is -0.182. The van der Waals surface area contributed by atoms with Gasteiger partial charge in [-0.1, -0.05) is 45.6 Å². The number of hydrogen-bond acceptors (Lipinski definition) is 2. The molecule has 0 aromatic heterocycles. The van der Waals surface area contributed by atoms with Crippen molar-refractivity contribution in [3.8, 4) is 11.8 Å². The van der Waals surface area contributed by atoms with Crippen molar-refractivity contribution in [2.24, 2.45) is 11.3 Å². The first-order valence-electron chi connectivity index (χ1n) is 7.27. The number of carbonyl (C=O) groups is 1. The Morgan fingerprint density at radius 3 is 2.62 bits per heavy atom. The summed E-state index contributed by atoms with van der Waals surface area (Å²) in [4.78, 5) is 12.4. The molecule has 0 spiro atoms. The molecule has 1 aromatic carbocycles. The van der Waals surface area contributed by atoms with Crippen molar-refractivity contribution in [2.75, 3.05) is 13.2 Å². The number of amides is 1. The number of carbonyl (C=O) groups excluding carboxylic acids is 1. The van der Waals surface area contributed by atoms with Crippen molar-refractivity contribution in [1.82, 2.24) is 5.32 Å². The first kappa shape index (κ1) is 17.3. The molecule has 0 bridgehead atoms. The maximum atomic E-state index is 12.4. The molecule has 0 saturated carbocycles. The molecule has 3 nitrogen and oxygen atoms in total. The highest BCUT2D eigenvalue weighted by molar-refractivity contribution is 5.96. The van der Waals surface area contributed by atoms with Gasteiger partial charge in [0, 0.05) is 17.7 Å². The lowest BCUT2D eigenvalue weighted by Crippen LogP contribution is -2.37. The Hall–Kier alpha value is -1.79. The largest absolute Gasteiger partial charge is 0.384 e. The van der Waals surface area contributed by atoms with E-state index in [4.69, 9.17) is 5.11 Å². The fraction of sp³-hybridized carbons (Fsp3) is 0.500. The zero-order chi connectivity index (χ0) is 16.0. The van der Waals surface area contributed by atoms with Crippen molar-refractivity contribution in [3.63, 3.8) is 0 Å². The molecule has 0 fully saturated rings. The topological polar surface area (TPSA) is 49.3 Å². The lowest BCUT2D eigenvalue weighted by molar-refractivity contribution is 0.0924. The molecular weight excluding hydrogens is 262 g/mol. The molecule has 0 heterocycles. The molecule has 3 heteroatoms. The Balaban J connectivity index is 2.89. The van der Waals surface area contributed by atoms with Crippen LogP contribution in [0.5, 0.6) is 0 Å². The SMILES string of the molecule is Cc1c(C#CCO)cccc1C(=O)NCC(C)(C)C(C)C. The smallest absolute Gasteiger partial charge is 0.251 e. The van der Waals surface area contributed by atoms with Gasteiger partial charge in [-0.3, -0.25) is 4.79 Å². The van der Waals surface area contributed by atoms with E-state index in [1.165, 1.54) is 0 Å². The molecule has 1 amide bonds. The fourth-order valence-electron chi connectivity index (χ4n) is 1.76. The van der Waals surface area contributed by atoms with Crippen LogP contribution < -0.4 is 5.32 Å². The summed E-state index contributed by atoms with van der Waals surface area (Å²) in [6, 6.07) is 5.47. The Morgan fingerprint density at radius 2 is 2.05 bits per heavy atom. The molecule has 0 aliphatic carbocycles. The van der Waals surface area contributed by atoms with E-state index in [9.17, 15) is 4.79 Å². The van der Waals surface area contributed by atoms with Crippen molar-refractivity contribution >= 4 is 5.91 Å². The van der Waals surface area contributed by atoms with Gasteiger partial charge >= 0.3 is 0 Å². The van der Waals surface area contributed by atoms with E-state index < -0.39 is 0 Å². The van der Waals surface area contributed by atoms with E-state index in [0.717, 1.165) is 11.1 Å². The van der Waals surface area contributed by atoms with Crippen LogP contribution in [0.2, 0.25) is 0 Å². The van der Waals surface area contributed by atoms with Crippen LogP contribution in [0.25, 0.3) is 0 Å². The van der Waals surface area contributed by atoms with Crippen molar-refractivity contribution < 1.29 is 9.90 Å². The summed E-state index contributed by atoms with van der Waals surface area (Å²) in [5.41, 5.74) is 2.31. The van der Waals surface area contributed by atoms with Gasteiger partial charge in [0.2, 0.25) is 0 Å². The summed E-state index contributed by atoms with van der Waals surface area (Å²) in [5.74, 6) is 5.90. The monoisotopic (exact) mass is 287 g/mol. The Morgan fingerprint density at radius 1 is 1.38 bits per heavy atom. The zero-order valence-electron chi connectivity index (χ0n) is 13.6. The molecule has 0 saturated heterocycles. The van der Waals surface area contributed by atoms with E-state index in [-0.39, 0.29) is 17.9 Å². The van der Waals surface area contributed by atoms with Crippen LogP contribution in [0.3, 0.4) is 0 Å². The molecule has 0 radical (unpaired) electrons. The van der Waals surface area contributed by atoms with Gasteiger partial charge in [-0.15, -0.1) is 0 Å². The van der Waals surface area contributed by atoms with E-state index in [1.54, 1.807) is 6.07 Å². The van der Waals surface area contributed by atoms with Gasteiger partial charge in [-0.25, -0.2) is 0 Å². The number of rotatable bonds is 4. The van der Waals surface area contributed by atoms with Gasteiger partial charge in [0.1, 0.15) is 6.61 Å². The van der Waals surface area contributed by atoms with Gasteiger partial charge in [-0.05, 0) is 36.0 Å². The molecule has 21 heavy (non-hydrogen) atoms. The van der Waals surface area contributed by atoms with E-state index in [0.29, 0.717) is 18.0 Å². The predicted octanol–water partition coefficient (Wildman–Crippen LogP) is 2.75. The molecule has 1 aromatic rings. The van der Waals surface area contributed by atoms with Gasteiger partial charge in [0.15, 0.2) is 0 Å². The van der Waals surface area contributed by atoms with Crippen LogP contribution >= 0.6 is 0 Å². The highest BCUT2D eigenvalue weighted by atomic mass is 16.2. The third-order valence-electron chi connectivity index (χ3n) is 4.15. The van der Waals surface area contributed by atoms with Crippen LogP contribution in [-0.2, 0) is 0 Å². The lowest BCUT2D eigenvalue weighted by Gasteiger charge is -2.29. The number of hydrogen-bond donors (Lipinski definition) is 2. The van der Waals surface area contributed by atoms with E-state index >= 15 is 0 Å². The van der Waals surface area contributed by atoms with E-state index in [2.05, 4.69) is 44.9 Å². The lowest BCUT2D eigenvalue weighted by atomic mass is 9.81. The minimum absolute atomic E-state index is 0.0534. The standard InChI is InChI=1S/C18H25NO2/c1-13(2)18(4,5)12-19-17(21)16-10-6-8-15(14(16)3)9-7-11-20/h6,8,10,13,20H,11-12H2,1-5H3,(H,19,21). The summed E-state index contributed by atoms with van der Waals surface area (Å²) in [6.07, 6.45) is 0. The normalized spacial score (nSPS) is 11.0. The number of aliphatic hydroxyl groups excluding tert-OH is 1. The molecule has 114 valence electrons. The second kappa shape index (κ2) is 7.28. The molecule has 1 rings (SSSR count). The third kappa shape index (κ3) is 4.61. The molecule has 0 aliphatic heterocycles. The van der Waals surface area contributed by atoms with Crippen LogP contribution in [0.4, 0.5) is 0 Å². The van der Waals surface area contributed by atoms with Crippen LogP contribution in [0, 0.1) is 30.1 Å². The van der Waals surface area contributed by atoms with Crippen molar-refractivity contribution in [3.05, 3.63) is 34.9 Å². The Labute approximate surface area is 127 Å². The number of benzene rings is 1. The van der Waals surface area contributed by atoms with Gasteiger partial charge in [-0.2, -0.15) is 0 Å². The molecular formula is C18H25NO2. The summed E-state index contributed by atoms with van der Waals surface area (Å²) in [5, 5.41) is 11.8. The third-order valence-corrected chi connectivity index (χ3v) is 4.15. The molecule has 0 unspecified atom stereocenters. The second-order valence-electron chi connectivity index (χ2n) is 6.26. The van der Waals surface area contributed by atoms with Gasteiger partial charge in [0.05, 0.1) is 0 Å². The van der Waals surface area contributed by atoms with Crippen LogP contribution in [-0.4, -0.2) is 24.2 Å². The number of aliphatic hydroxyl groups is 1. The maximum Gasteiger partial charge on any atom is 0.251 e. The average molecular weight is 287 g/mol. The van der Waals surface area contributed by atoms with Crippen molar-refractivity contribution in [1.29, 1.82) is 0 Å². The Kier molecular flexibility index (Phi) is 5.99. The van der Waals surface area contributed by atoms with Gasteiger partial charge < -0.3 is 10.4 Å². The Bertz CT molecular complexity index is 562. The zero-order valence-corrected chi connectivity index (χ0v) is 13.6. The molecule has 2 N–H and O–H groups in total. The number of nitrogens with one attached hydrogen (secondary N) is 1. The fourth-order valence-corrected chi connectivity index (χ4v) is 1.76. The molecule has 0 atom stereocenters. The summed E-state index contributed by atoms with van der Waals surface area (Å²) >= 11 is 0. The van der Waals surface area contributed by atoms with Crippen LogP contribution in [0.15, 0.2) is 18.2 Å². The first-order chi connectivity index (χ1) is 9.79. The second-order valence-corrected chi connectivity index (χ2v) is 6.26.